The number of para-hydroxylation sites is 1. The van der Waals surface area contributed by atoms with Crippen molar-refractivity contribution in [3.05, 3.63) is 65.7 Å². The van der Waals surface area contributed by atoms with E-state index in [2.05, 4.69) is 5.32 Å². The lowest BCUT2D eigenvalue weighted by Gasteiger charge is -2.31. The molecule has 0 atom stereocenters. The average Bonchev–Trinajstić information content (AvgIpc) is 2.66. The molecule has 132 valence electrons. The maximum Gasteiger partial charge on any atom is 0.240 e. The summed E-state index contributed by atoms with van der Waals surface area (Å²) in [5.74, 6) is 0.637. The monoisotopic (exact) mass is 340 g/mol. The maximum absolute atomic E-state index is 12.5. The lowest BCUT2D eigenvalue weighted by molar-refractivity contribution is -0.129. The van der Waals surface area contributed by atoms with Gasteiger partial charge in [0.1, 0.15) is 12.4 Å². The van der Waals surface area contributed by atoms with E-state index in [1.165, 1.54) is 0 Å². The lowest BCUT2D eigenvalue weighted by Crippen LogP contribution is -2.56. The van der Waals surface area contributed by atoms with Gasteiger partial charge in [0.15, 0.2) is 0 Å². The Hall–Kier alpha value is -2.37. The minimum absolute atomic E-state index is 0.131. The van der Waals surface area contributed by atoms with E-state index in [1.54, 1.807) is 0 Å². The molecule has 3 rings (SSSR count). The molecule has 2 aromatic carbocycles. The van der Waals surface area contributed by atoms with E-state index < -0.39 is 5.54 Å². The van der Waals surface area contributed by atoms with E-state index in [9.17, 15) is 4.79 Å². The first-order chi connectivity index (χ1) is 12.2. The quantitative estimate of drug-likeness (QED) is 0.847. The van der Waals surface area contributed by atoms with E-state index in [-0.39, 0.29) is 5.91 Å². The van der Waals surface area contributed by atoms with Crippen LogP contribution in [0.25, 0.3) is 0 Å². The highest BCUT2D eigenvalue weighted by Crippen LogP contribution is 2.21. The molecular formula is C20H24N2O3. The SMILES string of the molecule is NC1(C(=O)NCc2ccccc2OCc2ccccc2)CCOCC1. The molecule has 0 saturated carbocycles. The van der Waals surface area contributed by atoms with Gasteiger partial charge >= 0.3 is 0 Å². The van der Waals surface area contributed by atoms with Crippen molar-refractivity contribution in [3.63, 3.8) is 0 Å². The predicted molar refractivity (Wildman–Crippen MR) is 96.0 cm³/mol. The van der Waals surface area contributed by atoms with Crippen LogP contribution in [0.2, 0.25) is 0 Å². The Morgan fingerprint density at radius 2 is 1.76 bits per heavy atom. The van der Waals surface area contributed by atoms with Gasteiger partial charge in [-0.15, -0.1) is 0 Å². The van der Waals surface area contributed by atoms with E-state index in [1.807, 2.05) is 54.6 Å². The molecule has 1 heterocycles. The van der Waals surface area contributed by atoms with Crippen LogP contribution >= 0.6 is 0 Å². The van der Waals surface area contributed by atoms with Crippen molar-refractivity contribution in [2.75, 3.05) is 13.2 Å². The van der Waals surface area contributed by atoms with Gasteiger partial charge < -0.3 is 20.5 Å². The molecule has 0 bridgehead atoms. The zero-order valence-electron chi connectivity index (χ0n) is 14.2. The Bertz CT molecular complexity index is 697. The number of benzene rings is 2. The number of carbonyl (C=O) groups is 1. The van der Waals surface area contributed by atoms with Gasteiger partial charge in [0.25, 0.3) is 0 Å². The Balaban J connectivity index is 1.60. The van der Waals surface area contributed by atoms with Gasteiger partial charge in [-0.3, -0.25) is 4.79 Å². The normalized spacial score (nSPS) is 16.2. The molecule has 0 aliphatic carbocycles. The Morgan fingerprint density at radius 3 is 2.52 bits per heavy atom. The Kier molecular flexibility index (Phi) is 5.68. The van der Waals surface area contributed by atoms with Crippen LogP contribution in [0.15, 0.2) is 54.6 Å². The third-order valence-electron chi connectivity index (χ3n) is 4.49. The molecule has 1 aliphatic rings. The molecule has 0 radical (unpaired) electrons. The van der Waals surface area contributed by atoms with Crippen LogP contribution in [0.1, 0.15) is 24.0 Å². The molecule has 1 fully saturated rings. The first-order valence-corrected chi connectivity index (χ1v) is 8.57. The highest BCUT2D eigenvalue weighted by molar-refractivity contribution is 5.86. The fraction of sp³-hybridized carbons (Fsp3) is 0.350. The molecular weight excluding hydrogens is 316 g/mol. The van der Waals surface area contributed by atoms with E-state index >= 15 is 0 Å². The summed E-state index contributed by atoms with van der Waals surface area (Å²) in [5, 5.41) is 2.95. The van der Waals surface area contributed by atoms with Crippen LogP contribution in [0, 0.1) is 0 Å². The standard InChI is InChI=1S/C20H24N2O3/c21-20(10-12-24-13-11-20)19(23)22-14-17-8-4-5-9-18(17)25-15-16-6-2-1-3-7-16/h1-9H,10-15,21H2,(H,22,23). The molecule has 0 spiro atoms. The van der Waals surface area contributed by atoms with Crippen molar-refractivity contribution < 1.29 is 14.3 Å². The second-order valence-electron chi connectivity index (χ2n) is 6.33. The summed E-state index contributed by atoms with van der Waals surface area (Å²) in [6.07, 6.45) is 1.09. The molecule has 5 nitrogen and oxygen atoms in total. The number of amides is 1. The molecule has 2 aromatic rings. The van der Waals surface area contributed by atoms with Gasteiger partial charge in [-0.1, -0.05) is 48.5 Å². The molecule has 1 amide bonds. The minimum atomic E-state index is -0.835. The third kappa shape index (κ3) is 4.59. The summed E-state index contributed by atoms with van der Waals surface area (Å²) < 4.78 is 11.2. The lowest BCUT2D eigenvalue weighted by atomic mass is 9.90. The highest BCUT2D eigenvalue weighted by Gasteiger charge is 2.35. The summed E-state index contributed by atoms with van der Waals surface area (Å²) >= 11 is 0. The smallest absolute Gasteiger partial charge is 0.240 e. The highest BCUT2D eigenvalue weighted by atomic mass is 16.5. The molecule has 0 aromatic heterocycles. The molecule has 1 aliphatic heterocycles. The number of hydrogen-bond donors (Lipinski definition) is 2. The maximum atomic E-state index is 12.5. The van der Waals surface area contributed by atoms with Crippen molar-refractivity contribution in [1.29, 1.82) is 0 Å². The number of carbonyl (C=O) groups excluding carboxylic acids is 1. The second-order valence-corrected chi connectivity index (χ2v) is 6.33. The topological polar surface area (TPSA) is 73.6 Å². The fourth-order valence-electron chi connectivity index (χ4n) is 2.84. The molecule has 1 saturated heterocycles. The number of ether oxygens (including phenoxy) is 2. The summed E-state index contributed by atoms with van der Waals surface area (Å²) in [5.41, 5.74) is 7.42. The number of hydrogen-bond acceptors (Lipinski definition) is 4. The zero-order valence-corrected chi connectivity index (χ0v) is 14.2. The molecule has 3 N–H and O–H groups in total. The number of nitrogens with one attached hydrogen (secondary N) is 1. The van der Waals surface area contributed by atoms with Crippen LogP contribution in [0.3, 0.4) is 0 Å². The van der Waals surface area contributed by atoms with Crippen LogP contribution in [0.4, 0.5) is 0 Å². The van der Waals surface area contributed by atoms with E-state index in [0.29, 0.717) is 39.2 Å². The fourth-order valence-corrected chi connectivity index (χ4v) is 2.84. The predicted octanol–water partition coefficient (Wildman–Crippen LogP) is 2.39. The Labute approximate surface area is 148 Å². The molecule has 0 unspecified atom stereocenters. The van der Waals surface area contributed by atoms with Gasteiger partial charge in [-0.05, 0) is 24.5 Å². The average molecular weight is 340 g/mol. The van der Waals surface area contributed by atoms with Crippen molar-refractivity contribution in [2.24, 2.45) is 5.73 Å². The van der Waals surface area contributed by atoms with Crippen LogP contribution in [0.5, 0.6) is 5.75 Å². The van der Waals surface area contributed by atoms with Gasteiger partial charge in [0.05, 0.1) is 5.54 Å². The summed E-state index contributed by atoms with van der Waals surface area (Å²) in [4.78, 5) is 12.5. The van der Waals surface area contributed by atoms with Crippen molar-refractivity contribution in [1.82, 2.24) is 5.32 Å². The van der Waals surface area contributed by atoms with Crippen LogP contribution < -0.4 is 15.8 Å². The molecule has 25 heavy (non-hydrogen) atoms. The minimum Gasteiger partial charge on any atom is -0.489 e. The van der Waals surface area contributed by atoms with Gasteiger partial charge in [0.2, 0.25) is 5.91 Å². The van der Waals surface area contributed by atoms with Gasteiger partial charge in [-0.2, -0.15) is 0 Å². The first kappa shape index (κ1) is 17.5. The number of nitrogens with two attached hydrogens (primary N) is 1. The van der Waals surface area contributed by atoms with Crippen molar-refractivity contribution in [2.45, 2.75) is 31.5 Å². The zero-order chi connectivity index (χ0) is 17.5. The van der Waals surface area contributed by atoms with Gasteiger partial charge in [0, 0.05) is 25.3 Å². The van der Waals surface area contributed by atoms with E-state index in [0.717, 1.165) is 16.9 Å². The second kappa shape index (κ2) is 8.14. The summed E-state index contributed by atoms with van der Waals surface area (Å²) in [6.45, 7) is 1.94. The first-order valence-electron chi connectivity index (χ1n) is 8.57. The summed E-state index contributed by atoms with van der Waals surface area (Å²) in [6, 6.07) is 17.7. The molecule has 5 heteroatoms. The van der Waals surface area contributed by atoms with Crippen LogP contribution in [-0.2, 0) is 22.7 Å². The van der Waals surface area contributed by atoms with Crippen molar-refractivity contribution >= 4 is 5.91 Å². The van der Waals surface area contributed by atoms with Gasteiger partial charge in [-0.25, -0.2) is 0 Å². The van der Waals surface area contributed by atoms with Crippen molar-refractivity contribution in [3.8, 4) is 5.75 Å². The third-order valence-corrected chi connectivity index (χ3v) is 4.49. The van der Waals surface area contributed by atoms with E-state index in [4.69, 9.17) is 15.2 Å². The number of rotatable bonds is 6. The van der Waals surface area contributed by atoms with Crippen LogP contribution in [-0.4, -0.2) is 24.7 Å². The largest absolute Gasteiger partial charge is 0.489 e. The summed E-state index contributed by atoms with van der Waals surface area (Å²) in [7, 11) is 0. The Morgan fingerprint density at radius 1 is 1.08 bits per heavy atom.